The summed E-state index contributed by atoms with van der Waals surface area (Å²) in [5, 5.41) is 24.4. The van der Waals surface area contributed by atoms with E-state index in [4.69, 9.17) is 15.3 Å². The summed E-state index contributed by atoms with van der Waals surface area (Å²) in [4.78, 5) is 51.4. The molecule has 3 N–H and O–H groups in total. The maximum Gasteiger partial charge on any atom is 0.373 e. The van der Waals surface area contributed by atoms with Crippen molar-refractivity contribution in [3.63, 3.8) is 0 Å². The molecule has 8 nitrogen and oxygen atoms in total. The van der Waals surface area contributed by atoms with Crippen LogP contribution in [0.3, 0.4) is 0 Å². The standard InChI is InChI=1S/C6H4O8/c7-2(5(11)12)1(4(9)10)3(8)6(13)14/h1H,(H,9,10)(H,11,12)(H,13,14). The third-order valence-corrected chi connectivity index (χ3v) is 1.19. The summed E-state index contributed by atoms with van der Waals surface area (Å²) in [5.41, 5.74) is 0. The third kappa shape index (κ3) is 2.37. The van der Waals surface area contributed by atoms with Gasteiger partial charge in [0.1, 0.15) is 0 Å². The number of carboxylic acids is 3. The lowest BCUT2D eigenvalue weighted by molar-refractivity contribution is -0.163. The van der Waals surface area contributed by atoms with Gasteiger partial charge in [0.15, 0.2) is 5.92 Å². The molecular formula is C6H4O8. The van der Waals surface area contributed by atoms with Crippen molar-refractivity contribution in [2.75, 3.05) is 0 Å². The third-order valence-electron chi connectivity index (χ3n) is 1.19. The Balaban J connectivity index is 5.07. The normalized spacial score (nSPS) is 9.50. The second-order valence-electron chi connectivity index (χ2n) is 2.11. The van der Waals surface area contributed by atoms with Gasteiger partial charge in [-0.1, -0.05) is 0 Å². The van der Waals surface area contributed by atoms with Crippen LogP contribution in [-0.2, 0) is 24.0 Å². The van der Waals surface area contributed by atoms with Crippen LogP contribution in [0.4, 0.5) is 0 Å². The minimum absolute atomic E-state index is 1.98. The monoisotopic (exact) mass is 204 g/mol. The van der Waals surface area contributed by atoms with Gasteiger partial charge in [0, 0.05) is 0 Å². The van der Waals surface area contributed by atoms with Crippen LogP contribution < -0.4 is 0 Å². The number of ketones is 2. The van der Waals surface area contributed by atoms with Gasteiger partial charge in [0.2, 0.25) is 0 Å². The van der Waals surface area contributed by atoms with Crippen molar-refractivity contribution in [2.45, 2.75) is 0 Å². The molecular weight excluding hydrogens is 200 g/mol. The van der Waals surface area contributed by atoms with Gasteiger partial charge in [-0.05, 0) is 0 Å². The molecule has 76 valence electrons. The molecule has 0 atom stereocenters. The Hall–Kier alpha value is -2.25. The Morgan fingerprint density at radius 1 is 0.714 bits per heavy atom. The zero-order valence-corrected chi connectivity index (χ0v) is 6.46. The summed E-state index contributed by atoms with van der Waals surface area (Å²) in [6.07, 6.45) is 0. The number of carbonyl (C=O) groups is 5. The van der Waals surface area contributed by atoms with Crippen LogP contribution in [0.2, 0.25) is 0 Å². The van der Waals surface area contributed by atoms with Crippen molar-refractivity contribution < 1.29 is 39.3 Å². The zero-order chi connectivity index (χ0) is 11.5. The summed E-state index contributed by atoms with van der Waals surface area (Å²) >= 11 is 0. The molecule has 0 unspecified atom stereocenters. The Labute approximate surface area is 75.8 Å². The van der Waals surface area contributed by atoms with Gasteiger partial charge in [0.05, 0.1) is 0 Å². The van der Waals surface area contributed by atoms with Crippen molar-refractivity contribution in [2.24, 2.45) is 5.92 Å². The molecule has 14 heavy (non-hydrogen) atoms. The smallest absolute Gasteiger partial charge is 0.373 e. The molecule has 8 heteroatoms. The molecule has 0 aliphatic rings. The molecule has 0 aliphatic carbocycles. The van der Waals surface area contributed by atoms with Gasteiger partial charge in [-0.25, -0.2) is 9.59 Å². The van der Waals surface area contributed by atoms with Crippen LogP contribution in [0.25, 0.3) is 0 Å². The van der Waals surface area contributed by atoms with Crippen molar-refractivity contribution in [3.8, 4) is 0 Å². The number of rotatable bonds is 5. The van der Waals surface area contributed by atoms with Crippen molar-refractivity contribution in [3.05, 3.63) is 0 Å². The minimum atomic E-state index is -2.69. The molecule has 0 radical (unpaired) electrons. The fraction of sp³-hybridized carbons (Fsp3) is 0.167. The van der Waals surface area contributed by atoms with E-state index in [9.17, 15) is 24.0 Å². The largest absolute Gasteiger partial charge is 0.480 e. The molecule has 0 aromatic carbocycles. The van der Waals surface area contributed by atoms with Gasteiger partial charge in [-0.15, -0.1) is 0 Å². The second kappa shape index (κ2) is 4.12. The first-order valence-corrected chi connectivity index (χ1v) is 3.06. The van der Waals surface area contributed by atoms with Crippen LogP contribution in [0.15, 0.2) is 0 Å². The van der Waals surface area contributed by atoms with Gasteiger partial charge in [-0.2, -0.15) is 0 Å². The summed E-state index contributed by atoms with van der Waals surface area (Å²) in [7, 11) is 0. The number of aliphatic carboxylic acids is 3. The first kappa shape index (κ1) is 11.8. The van der Waals surface area contributed by atoms with Crippen molar-refractivity contribution in [1.82, 2.24) is 0 Å². The topological polar surface area (TPSA) is 146 Å². The van der Waals surface area contributed by atoms with Crippen LogP contribution in [0.5, 0.6) is 0 Å². The molecule has 0 saturated heterocycles. The van der Waals surface area contributed by atoms with Crippen molar-refractivity contribution in [1.29, 1.82) is 0 Å². The van der Waals surface area contributed by atoms with Crippen LogP contribution in [0.1, 0.15) is 0 Å². The number of hydrogen-bond donors (Lipinski definition) is 3. The minimum Gasteiger partial charge on any atom is -0.480 e. The maximum absolute atomic E-state index is 10.6. The molecule has 0 aromatic rings. The summed E-state index contributed by atoms with van der Waals surface area (Å²) < 4.78 is 0. The Kier molecular flexibility index (Phi) is 3.46. The molecule has 0 rings (SSSR count). The molecule has 0 fully saturated rings. The predicted octanol–water partition coefficient (Wildman–Crippen LogP) is -2.01. The van der Waals surface area contributed by atoms with Crippen LogP contribution in [-0.4, -0.2) is 44.8 Å². The van der Waals surface area contributed by atoms with Gasteiger partial charge in [-0.3, -0.25) is 14.4 Å². The highest BCUT2D eigenvalue weighted by Crippen LogP contribution is 2.01. The van der Waals surface area contributed by atoms with E-state index >= 15 is 0 Å². The van der Waals surface area contributed by atoms with Crippen LogP contribution >= 0.6 is 0 Å². The Morgan fingerprint density at radius 2 is 1.00 bits per heavy atom. The molecule has 0 aliphatic heterocycles. The summed E-state index contributed by atoms with van der Waals surface area (Å²) in [5.74, 6) is -13.1. The zero-order valence-electron chi connectivity index (χ0n) is 6.46. The Bertz CT molecular complexity index is 301. The molecule has 0 spiro atoms. The average Bonchev–Trinajstić information content (AvgIpc) is 2.03. The van der Waals surface area contributed by atoms with E-state index in [1.807, 2.05) is 0 Å². The van der Waals surface area contributed by atoms with Gasteiger partial charge in [0.25, 0.3) is 11.6 Å². The van der Waals surface area contributed by atoms with Gasteiger partial charge < -0.3 is 15.3 Å². The highest BCUT2D eigenvalue weighted by Gasteiger charge is 2.41. The van der Waals surface area contributed by atoms with E-state index in [2.05, 4.69) is 0 Å². The lowest BCUT2D eigenvalue weighted by Crippen LogP contribution is -2.39. The summed E-state index contributed by atoms with van der Waals surface area (Å²) in [6.45, 7) is 0. The highest BCUT2D eigenvalue weighted by atomic mass is 16.4. The maximum atomic E-state index is 10.6. The molecule has 0 aromatic heterocycles. The average molecular weight is 204 g/mol. The Morgan fingerprint density at radius 3 is 1.14 bits per heavy atom. The molecule has 0 heterocycles. The van der Waals surface area contributed by atoms with E-state index in [0.29, 0.717) is 0 Å². The first-order chi connectivity index (χ1) is 6.29. The number of carbonyl (C=O) groups excluding carboxylic acids is 2. The first-order valence-electron chi connectivity index (χ1n) is 3.06. The SMILES string of the molecule is O=C(O)C(=O)C(C(=O)O)C(=O)C(=O)O. The lowest BCUT2D eigenvalue weighted by Gasteiger charge is -2.02. The second-order valence-corrected chi connectivity index (χ2v) is 2.11. The number of carboxylic acid groups (broad SMARTS) is 3. The molecule has 0 bridgehead atoms. The summed E-state index contributed by atoms with van der Waals surface area (Å²) in [6, 6.07) is 0. The van der Waals surface area contributed by atoms with E-state index in [1.165, 1.54) is 0 Å². The van der Waals surface area contributed by atoms with E-state index in [-0.39, 0.29) is 0 Å². The van der Waals surface area contributed by atoms with E-state index in [1.54, 1.807) is 0 Å². The number of hydrogen-bond acceptors (Lipinski definition) is 5. The molecule has 0 saturated carbocycles. The molecule has 0 amide bonds. The fourth-order valence-corrected chi connectivity index (χ4v) is 0.590. The number of Topliss-reactive ketones (excluding diaryl/α,β-unsaturated/α-hetero) is 2. The quantitative estimate of drug-likeness (QED) is 0.344. The lowest BCUT2D eigenvalue weighted by atomic mass is 9.99. The van der Waals surface area contributed by atoms with Crippen LogP contribution in [0, 0.1) is 5.92 Å². The van der Waals surface area contributed by atoms with E-state index < -0.39 is 35.4 Å². The van der Waals surface area contributed by atoms with E-state index in [0.717, 1.165) is 0 Å². The predicted molar refractivity (Wildman–Crippen MR) is 36.4 cm³/mol. The van der Waals surface area contributed by atoms with Gasteiger partial charge >= 0.3 is 17.9 Å². The highest BCUT2D eigenvalue weighted by molar-refractivity contribution is 6.51. The fourth-order valence-electron chi connectivity index (χ4n) is 0.590. The van der Waals surface area contributed by atoms with Crippen molar-refractivity contribution >= 4 is 29.5 Å².